The molecule has 0 heterocycles. The van der Waals surface area contributed by atoms with Crippen molar-refractivity contribution in [2.24, 2.45) is 5.92 Å². The number of aliphatic carboxylic acids is 1. The predicted octanol–water partition coefficient (Wildman–Crippen LogP) is 3.68. The van der Waals surface area contributed by atoms with E-state index in [2.05, 4.69) is 28.7 Å². The Balaban J connectivity index is 1.39. The maximum Gasteiger partial charge on any atom is 0.407 e. The number of benzene rings is 2. The van der Waals surface area contributed by atoms with E-state index in [4.69, 9.17) is 11.2 Å². The third kappa shape index (κ3) is 4.91. The molecule has 0 aliphatic heterocycles. The molecular formula is C27H28N2O5. The standard InChI is InChI=1S/C27H28N2O5/c1-2-9-24(25(30)28-23-15-8-7-14-21(23)26(31)32)29-27(33)34-16-22-19-12-5-3-10-17(19)18-11-4-6-13-20(18)22/h1,3-6,10-13,21-24H,7-9,14-16H2,(H,28,30)(H,29,33)(H,31,32)/t21-,23+,24?/m1/s1. The summed E-state index contributed by atoms with van der Waals surface area (Å²) in [6.45, 7) is 0.119. The van der Waals surface area contributed by atoms with Gasteiger partial charge in [0, 0.05) is 18.4 Å². The minimum absolute atomic E-state index is 0.0273. The molecule has 4 rings (SSSR count). The van der Waals surface area contributed by atoms with Crippen LogP contribution in [-0.2, 0) is 14.3 Å². The highest BCUT2D eigenvalue weighted by molar-refractivity contribution is 5.87. The summed E-state index contributed by atoms with van der Waals surface area (Å²) < 4.78 is 5.52. The van der Waals surface area contributed by atoms with Gasteiger partial charge in [-0.25, -0.2) is 4.79 Å². The fourth-order valence-corrected chi connectivity index (χ4v) is 4.99. The van der Waals surface area contributed by atoms with E-state index in [0.717, 1.165) is 35.1 Å². The van der Waals surface area contributed by atoms with E-state index in [1.54, 1.807) is 0 Å². The van der Waals surface area contributed by atoms with Gasteiger partial charge in [0.25, 0.3) is 0 Å². The van der Waals surface area contributed by atoms with Gasteiger partial charge in [-0.1, -0.05) is 61.4 Å². The second-order valence-electron chi connectivity index (χ2n) is 8.77. The molecule has 34 heavy (non-hydrogen) atoms. The third-order valence-electron chi connectivity index (χ3n) is 6.69. The number of rotatable bonds is 7. The third-order valence-corrected chi connectivity index (χ3v) is 6.69. The molecule has 2 amide bonds. The topological polar surface area (TPSA) is 105 Å². The summed E-state index contributed by atoms with van der Waals surface area (Å²) >= 11 is 0. The van der Waals surface area contributed by atoms with Gasteiger partial charge in [-0.3, -0.25) is 9.59 Å². The zero-order chi connectivity index (χ0) is 24.1. The monoisotopic (exact) mass is 460 g/mol. The molecule has 1 saturated carbocycles. The number of alkyl carbamates (subject to hydrolysis) is 1. The van der Waals surface area contributed by atoms with E-state index in [0.29, 0.717) is 12.8 Å². The molecule has 1 fully saturated rings. The Morgan fingerprint density at radius 2 is 1.65 bits per heavy atom. The number of carboxylic acids is 1. The van der Waals surface area contributed by atoms with Crippen molar-refractivity contribution in [3.05, 3.63) is 59.7 Å². The Labute approximate surface area is 198 Å². The van der Waals surface area contributed by atoms with Crippen LogP contribution in [0.3, 0.4) is 0 Å². The summed E-state index contributed by atoms with van der Waals surface area (Å²) in [4.78, 5) is 37.0. The molecule has 2 aromatic carbocycles. The molecule has 0 spiro atoms. The second kappa shape index (κ2) is 10.4. The van der Waals surface area contributed by atoms with E-state index in [9.17, 15) is 19.5 Å². The second-order valence-corrected chi connectivity index (χ2v) is 8.77. The van der Waals surface area contributed by atoms with Gasteiger partial charge in [-0.05, 0) is 35.1 Å². The minimum Gasteiger partial charge on any atom is -0.481 e. The number of terminal acetylenes is 1. The molecule has 2 aliphatic carbocycles. The lowest BCUT2D eigenvalue weighted by molar-refractivity contribution is -0.144. The van der Waals surface area contributed by atoms with Crippen LogP contribution in [0, 0.1) is 18.3 Å². The van der Waals surface area contributed by atoms with Gasteiger partial charge < -0.3 is 20.5 Å². The van der Waals surface area contributed by atoms with Crippen LogP contribution in [0.25, 0.3) is 11.1 Å². The van der Waals surface area contributed by atoms with Crippen molar-refractivity contribution >= 4 is 18.0 Å². The van der Waals surface area contributed by atoms with E-state index in [1.807, 2.05) is 36.4 Å². The molecule has 2 aromatic rings. The average Bonchev–Trinajstić information content (AvgIpc) is 3.16. The summed E-state index contributed by atoms with van der Waals surface area (Å²) in [7, 11) is 0. The van der Waals surface area contributed by atoms with Crippen LogP contribution in [0.1, 0.15) is 49.1 Å². The normalized spacial score (nSPS) is 19.7. The largest absolute Gasteiger partial charge is 0.481 e. The van der Waals surface area contributed by atoms with Gasteiger partial charge >= 0.3 is 12.1 Å². The molecule has 2 aliphatic rings. The Morgan fingerprint density at radius 1 is 1.03 bits per heavy atom. The molecule has 0 saturated heterocycles. The van der Waals surface area contributed by atoms with Crippen LogP contribution >= 0.6 is 0 Å². The Bertz CT molecular complexity index is 1080. The van der Waals surface area contributed by atoms with Crippen molar-refractivity contribution in [3.8, 4) is 23.5 Å². The average molecular weight is 461 g/mol. The van der Waals surface area contributed by atoms with Crippen molar-refractivity contribution < 1.29 is 24.2 Å². The smallest absolute Gasteiger partial charge is 0.407 e. The number of ether oxygens (including phenoxy) is 1. The number of carbonyl (C=O) groups is 3. The highest BCUT2D eigenvalue weighted by Gasteiger charge is 2.34. The van der Waals surface area contributed by atoms with E-state index >= 15 is 0 Å². The highest BCUT2D eigenvalue weighted by atomic mass is 16.5. The Hall–Kier alpha value is -3.79. The molecule has 7 nitrogen and oxygen atoms in total. The van der Waals surface area contributed by atoms with E-state index < -0.39 is 36.0 Å². The maximum atomic E-state index is 12.8. The number of carbonyl (C=O) groups excluding carboxylic acids is 2. The lowest BCUT2D eigenvalue weighted by atomic mass is 9.84. The predicted molar refractivity (Wildman–Crippen MR) is 127 cm³/mol. The highest BCUT2D eigenvalue weighted by Crippen LogP contribution is 2.44. The van der Waals surface area contributed by atoms with E-state index in [1.165, 1.54) is 0 Å². The van der Waals surface area contributed by atoms with Crippen molar-refractivity contribution in [1.82, 2.24) is 10.6 Å². The summed E-state index contributed by atoms with van der Waals surface area (Å²) in [5.41, 5.74) is 4.42. The molecule has 1 unspecified atom stereocenters. The number of nitrogens with one attached hydrogen (secondary N) is 2. The van der Waals surface area contributed by atoms with Gasteiger partial charge in [0.15, 0.2) is 0 Å². The molecule has 7 heteroatoms. The van der Waals surface area contributed by atoms with Gasteiger partial charge in [0.2, 0.25) is 5.91 Å². The van der Waals surface area contributed by atoms with Crippen molar-refractivity contribution in [2.45, 2.75) is 50.1 Å². The van der Waals surface area contributed by atoms with E-state index in [-0.39, 0.29) is 18.9 Å². The number of amides is 2. The van der Waals surface area contributed by atoms with Gasteiger partial charge in [-0.2, -0.15) is 0 Å². The van der Waals surface area contributed by atoms with Crippen LogP contribution in [0.5, 0.6) is 0 Å². The first-order valence-corrected chi connectivity index (χ1v) is 11.6. The molecule has 3 N–H and O–H groups in total. The minimum atomic E-state index is -1.00. The first-order chi connectivity index (χ1) is 16.5. The van der Waals surface area contributed by atoms with Crippen LogP contribution in [0.15, 0.2) is 48.5 Å². The summed E-state index contributed by atoms with van der Waals surface area (Å²) in [5, 5.41) is 14.8. The first-order valence-electron chi connectivity index (χ1n) is 11.6. The molecule has 0 aromatic heterocycles. The number of hydrogen-bond acceptors (Lipinski definition) is 4. The zero-order valence-corrected chi connectivity index (χ0v) is 18.8. The lowest BCUT2D eigenvalue weighted by Gasteiger charge is -2.30. The Kier molecular flexibility index (Phi) is 7.17. The van der Waals surface area contributed by atoms with Crippen molar-refractivity contribution in [3.63, 3.8) is 0 Å². The number of hydrogen-bond donors (Lipinski definition) is 3. The van der Waals surface area contributed by atoms with Gasteiger partial charge in [0.05, 0.1) is 5.92 Å². The van der Waals surface area contributed by atoms with Gasteiger partial charge in [-0.15, -0.1) is 12.3 Å². The van der Waals surface area contributed by atoms with Crippen molar-refractivity contribution in [1.29, 1.82) is 0 Å². The molecule has 0 bridgehead atoms. The molecule has 0 radical (unpaired) electrons. The maximum absolute atomic E-state index is 12.8. The number of carboxylic acid groups (broad SMARTS) is 1. The summed E-state index contributed by atoms with van der Waals surface area (Å²) in [6.07, 6.45) is 7.40. The number of fused-ring (bicyclic) bond motifs is 3. The summed E-state index contributed by atoms with van der Waals surface area (Å²) in [6, 6.07) is 14.6. The zero-order valence-electron chi connectivity index (χ0n) is 18.8. The Morgan fingerprint density at radius 3 is 2.26 bits per heavy atom. The van der Waals surface area contributed by atoms with Crippen LogP contribution in [0.4, 0.5) is 4.79 Å². The lowest BCUT2D eigenvalue weighted by Crippen LogP contribution is -2.53. The molecule has 3 atom stereocenters. The fourth-order valence-electron chi connectivity index (χ4n) is 4.99. The van der Waals surface area contributed by atoms with Crippen molar-refractivity contribution in [2.75, 3.05) is 6.61 Å². The first kappa shape index (κ1) is 23.4. The molecular weight excluding hydrogens is 432 g/mol. The quantitative estimate of drug-likeness (QED) is 0.547. The van der Waals surface area contributed by atoms with Gasteiger partial charge in [0.1, 0.15) is 12.6 Å². The van der Waals surface area contributed by atoms with Crippen LogP contribution in [-0.4, -0.2) is 41.8 Å². The summed E-state index contributed by atoms with van der Waals surface area (Å²) in [5.74, 6) is 0.237. The van der Waals surface area contributed by atoms with Crippen LogP contribution in [0.2, 0.25) is 0 Å². The molecule has 176 valence electrons. The fraction of sp³-hybridized carbons (Fsp3) is 0.370. The SMILES string of the molecule is C#CCC(NC(=O)OCC1c2ccccc2-c2ccccc21)C(=O)N[C@H]1CCCC[C@H]1C(=O)O. The van der Waals surface area contributed by atoms with Crippen LogP contribution < -0.4 is 10.6 Å².